The van der Waals surface area contributed by atoms with E-state index in [2.05, 4.69) is 32.0 Å². The van der Waals surface area contributed by atoms with Crippen LogP contribution in [0.2, 0.25) is 0 Å². The van der Waals surface area contributed by atoms with Gasteiger partial charge in [0.05, 0.1) is 0 Å². The molecule has 0 aliphatic carbocycles. The van der Waals surface area contributed by atoms with Gasteiger partial charge in [0, 0.05) is 32.7 Å². The lowest BCUT2D eigenvalue weighted by atomic mass is 10.3. The van der Waals surface area contributed by atoms with Gasteiger partial charge >= 0.3 is 0 Å². The number of likely N-dealkylation sites (N-methyl/N-ethyl adjacent to an activating group) is 1. The molecule has 0 bridgehead atoms. The fourth-order valence-electron chi connectivity index (χ4n) is 2.45. The smallest absolute Gasteiger partial charge is 0.269 e. The largest absolute Gasteiger partial charge is 0.354 e. The van der Waals surface area contributed by atoms with Crippen LogP contribution in [0.15, 0.2) is 18.2 Å². The van der Waals surface area contributed by atoms with E-state index in [4.69, 9.17) is 0 Å². The van der Waals surface area contributed by atoms with Gasteiger partial charge in [-0.1, -0.05) is 6.07 Å². The SMILES string of the molecule is CN(C)CCCNC(=O)c1cccc(N2CCN(C)CC2)n1. The summed E-state index contributed by atoms with van der Waals surface area (Å²) in [6, 6.07) is 5.67. The number of nitrogens with one attached hydrogen (secondary N) is 1. The van der Waals surface area contributed by atoms with Gasteiger partial charge in [0.2, 0.25) is 0 Å². The average molecular weight is 305 g/mol. The molecule has 1 fully saturated rings. The summed E-state index contributed by atoms with van der Waals surface area (Å²) in [7, 11) is 6.19. The van der Waals surface area contributed by atoms with Crippen LogP contribution in [-0.4, -0.2) is 81.1 Å². The molecule has 0 saturated carbocycles. The first kappa shape index (κ1) is 16.7. The molecule has 1 aliphatic rings. The fourth-order valence-corrected chi connectivity index (χ4v) is 2.45. The van der Waals surface area contributed by atoms with Crippen molar-refractivity contribution in [3.05, 3.63) is 23.9 Å². The Kier molecular flexibility index (Phi) is 6.15. The lowest BCUT2D eigenvalue weighted by Gasteiger charge is -2.33. The number of hydrogen-bond donors (Lipinski definition) is 1. The van der Waals surface area contributed by atoms with Crippen molar-refractivity contribution in [1.29, 1.82) is 0 Å². The van der Waals surface area contributed by atoms with E-state index in [1.807, 2.05) is 26.2 Å². The zero-order chi connectivity index (χ0) is 15.9. The van der Waals surface area contributed by atoms with E-state index in [-0.39, 0.29) is 5.91 Å². The van der Waals surface area contributed by atoms with E-state index < -0.39 is 0 Å². The molecule has 6 nitrogen and oxygen atoms in total. The van der Waals surface area contributed by atoms with Gasteiger partial charge in [-0.25, -0.2) is 4.98 Å². The van der Waals surface area contributed by atoms with Gasteiger partial charge in [-0.05, 0) is 46.2 Å². The molecule has 6 heteroatoms. The predicted molar refractivity (Wildman–Crippen MR) is 89.5 cm³/mol. The number of carbonyl (C=O) groups is 1. The van der Waals surface area contributed by atoms with Gasteiger partial charge in [0.1, 0.15) is 11.5 Å². The first-order valence-corrected chi connectivity index (χ1v) is 7.90. The maximum absolute atomic E-state index is 12.2. The molecule has 2 rings (SSSR count). The first-order chi connectivity index (χ1) is 10.6. The zero-order valence-electron chi connectivity index (χ0n) is 13.9. The summed E-state index contributed by atoms with van der Waals surface area (Å²) in [5, 5.41) is 2.94. The van der Waals surface area contributed by atoms with Crippen molar-refractivity contribution in [1.82, 2.24) is 20.1 Å². The van der Waals surface area contributed by atoms with Crippen LogP contribution in [0.25, 0.3) is 0 Å². The zero-order valence-corrected chi connectivity index (χ0v) is 13.9. The Morgan fingerprint density at radius 3 is 2.68 bits per heavy atom. The highest BCUT2D eigenvalue weighted by atomic mass is 16.1. The number of nitrogens with zero attached hydrogens (tertiary/aromatic N) is 4. The predicted octanol–water partition coefficient (Wildman–Crippen LogP) is 0.515. The number of piperazine rings is 1. The number of anilines is 1. The minimum atomic E-state index is -0.0882. The highest BCUT2D eigenvalue weighted by Crippen LogP contribution is 2.13. The molecule has 1 N–H and O–H groups in total. The number of amides is 1. The van der Waals surface area contributed by atoms with Gasteiger partial charge in [-0.2, -0.15) is 0 Å². The van der Waals surface area contributed by atoms with Crippen LogP contribution >= 0.6 is 0 Å². The standard InChI is InChI=1S/C16H27N5O/c1-19(2)9-5-8-17-16(22)14-6-4-7-15(18-14)21-12-10-20(3)11-13-21/h4,6-7H,5,8-13H2,1-3H3,(H,17,22). The fraction of sp³-hybridized carbons (Fsp3) is 0.625. The molecule has 0 spiro atoms. The van der Waals surface area contributed by atoms with Crippen LogP contribution in [0.4, 0.5) is 5.82 Å². The molecule has 0 unspecified atom stereocenters. The Bertz CT molecular complexity index is 483. The molecule has 1 saturated heterocycles. The van der Waals surface area contributed by atoms with Gasteiger partial charge < -0.3 is 20.0 Å². The molecule has 1 aliphatic heterocycles. The van der Waals surface area contributed by atoms with E-state index in [0.29, 0.717) is 12.2 Å². The third-order valence-corrected chi connectivity index (χ3v) is 3.86. The topological polar surface area (TPSA) is 51.7 Å². The van der Waals surface area contributed by atoms with Crippen LogP contribution in [-0.2, 0) is 0 Å². The summed E-state index contributed by atoms with van der Waals surface area (Å²) in [5.74, 6) is 0.809. The lowest BCUT2D eigenvalue weighted by Crippen LogP contribution is -2.45. The van der Waals surface area contributed by atoms with Gasteiger partial charge in [0.25, 0.3) is 5.91 Å². The van der Waals surface area contributed by atoms with Crippen LogP contribution < -0.4 is 10.2 Å². The van der Waals surface area contributed by atoms with Crippen molar-refractivity contribution >= 4 is 11.7 Å². The Hall–Kier alpha value is -1.66. The number of carbonyl (C=O) groups excluding carboxylic acids is 1. The third kappa shape index (κ3) is 4.96. The Balaban J connectivity index is 1.89. The van der Waals surface area contributed by atoms with Crippen LogP contribution in [0, 0.1) is 0 Å². The second-order valence-electron chi connectivity index (χ2n) is 6.08. The summed E-state index contributed by atoms with van der Waals surface area (Å²) in [6.07, 6.45) is 0.941. The van der Waals surface area contributed by atoms with E-state index in [0.717, 1.165) is 45.0 Å². The quantitative estimate of drug-likeness (QED) is 0.776. The lowest BCUT2D eigenvalue weighted by molar-refractivity contribution is 0.0947. The molecule has 1 amide bonds. The monoisotopic (exact) mass is 305 g/mol. The minimum absolute atomic E-state index is 0.0882. The van der Waals surface area contributed by atoms with Crippen molar-refractivity contribution in [2.45, 2.75) is 6.42 Å². The number of pyridine rings is 1. The number of hydrogen-bond acceptors (Lipinski definition) is 5. The van der Waals surface area contributed by atoms with Crippen molar-refractivity contribution in [2.24, 2.45) is 0 Å². The summed E-state index contributed by atoms with van der Waals surface area (Å²) in [5.41, 5.74) is 0.501. The molecule has 122 valence electrons. The normalized spacial score (nSPS) is 16.1. The van der Waals surface area contributed by atoms with Crippen LogP contribution in [0.1, 0.15) is 16.9 Å². The molecular formula is C16H27N5O. The van der Waals surface area contributed by atoms with Crippen molar-refractivity contribution < 1.29 is 4.79 Å². The summed E-state index contributed by atoms with van der Waals surface area (Å²) < 4.78 is 0. The summed E-state index contributed by atoms with van der Waals surface area (Å²) in [4.78, 5) is 23.3. The Labute approximate surface area is 133 Å². The van der Waals surface area contributed by atoms with Gasteiger partial charge in [0.15, 0.2) is 0 Å². The van der Waals surface area contributed by atoms with Gasteiger partial charge in [-0.15, -0.1) is 0 Å². The maximum Gasteiger partial charge on any atom is 0.269 e. The summed E-state index contributed by atoms with van der Waals surface area (Å²) >= 11 is 0. The molecule has 0 atom stereocenters. The van der Waals surface area contributed by atoms with Crippen molar-refractivity contribution in [3.63, 3.8) is 0 Å². The van der Waals surface area contributed by atoms with Crippen molar-refractivity contribution in [3.8, 4) is 0 Å². The number of rotatable bonds is 6. The van der Waals surface area contributed by atoms with E-state index in [1.165, 1.54) is 0 Å². The molecule has 1 aromatic heterocycles. The molecule has 0 aromatic carbocycles. The molecular weight excluding hydrogens is 278 g/mol. The molecule has 22 heavy (non-hydrogen) atoms. The summed E-state index contributed by atoms with van der Waals surface area (Å²) in [6.45, 7) is 5.62. The second-order valence-corrected chi connectivity index (χ2v) is 6.08. The Morgan fingerprint density at radius 2 is 2.00 bits per heavy atom. The highest BCUT2D eigenvalue weighted by Gasteiger charge is 2.16. The third-order valence-electron chi connectivity index (χ3n) is 3.86. The van der Waals surface area contributed by atoms with Crippen LogP contribution in [0.5, 0.6) is 0 Å². The Morgan fingerprint density at radius 1 is 1.27 bits per heavy atom. The van der Waals surface area contributed by atoms with E-state index >= 15 is 0 Å². The number of aromatic nitrogens is 1. The second kappa shape index (κ2) is 8.10. The molecule has 0 radical (unpaired) electrons. The average Bonchev–Trinajstić information content (AvgIpc) is 2.52. The van der Waals surface area contributed by atoms with E-state index in [1.54, 1.807) is 6.07 Å². The minimum Gasteiger partial charge on any atom is -0.354 e. The van der Waals surface area contributed by atoms with Crippen molar-refractivity contribution in [2.75, 3.05) is 65.3 Å². The molecule has 2 heterocycles. The van der Waals surface area contributed by atoms with Gasteiger partial charge in [-0.3, -0.25) is 4.79 Å². The van der Waals surface area contributed by atoms with Crippen LogP contribution in [0.3, 0.4) is 0 Å². The first-order valence-electron chi connectivity index (χ1n) is 7.90. The maximum atomic E-state index is 12.2. The highest BCUT2D eigenvalue weighted by molar-refractivity contribution is 5.92. The van der Waals surface area contributed by atoms with E-state index in [9.17, 15) is 4.79 Å². The molecule has 1 aromatic rings.